The van der Waals surface area contributed by atoms with Crippen LogP contribution in [0, 0.1) is 5.41 Å². The molecule has 1 N–H and O–H groups in total. The number of halogens is 3. The number of nitrogens with zero attached hydrogens (tertiary/aromatic N) is 1. The summed E-state index contributed by atoms with van der Waals surface area (Å²) in [5.74, 6) is -0.700. The lowest BCUT2D eigenvalue weighted by atomic mass is 9.86. The molecule has 1 heterocycles. The van der Waals surface area contributed by atoms with E-state index in [9.17, 15) is 18.0 Å². The van der Waals surface area contributed by atoms with Gasteiger partial charge in [-0.3, -0.25) is 4.79 Å². The molecule has 0 radical (unpaired) electrons. The summed E-state index contributed by atoms with van der Waals surface area (Å²) in [6.07, 6.45) is -4.56. The van der Waals surface area contributed by atoms with E-state index < -0.39 is 23.5 Å². The highest BCUT2D eigenvalue weighted by Crippen LogP contribution is 2.33. The van der Waals surface area contributed by atoms with Crippen LogP contribution in [0.2, 0.25) is 0 Å². The molecule has 1 aromatic carbocycles. The van der Waals surface area contributed by atoms with Gasteiger partial charge in [-0.2, -0.15) is 13.2 Å². The van der Waals surface area contributed by atoms with E-state index >= 15 is 0 Å². The number of benzene rings is 1. The average molecular weight is 340 g/mol. The zero-order chi connectivity index (χ0) is 18.1. The van der Waals surface area contributed by atoms with E-state index in [-0.39, 0.29) is 11.6 Å². The summed E-state index contributed by atoms with van der Waals surface area (Å²) in [4.78, 5) is 16.4. The molecular weight excluding hydrogens is 321 g/mol. The number of hydrogen-bond donors (Lipinski definition) is 1. The van der Waals surface area contributed by atoms with Gasteiger partial charge in [-0.15, -0.1) is 0 Å². The van der Waals surface area contributed by atoms with Crippen LogP contribution in [0.25, 0.3) is 10.8 Å². The van der Waals surface area contributed by atoms with Crippen LogP contribution in [0.15, 0.2) is 30.3 Å². The topological polar surface area (TPSA) is 51.2 Å². The van der Waals surface area contributed by atoms with Crippen LogP contribution < -0.4 is 10.1 Å². The second-order valence-corrected chi connectivity index (χ2v) is 6.55. The molecule has 0 saturated carbocycles. The van der Waals surface area contributed by atoms with Crippen LogP contribution in [0.4, 0.5) is 13.2 Å². The van der Waals surface area contributed by atoms with Gasteiger partial charge in [0.2, 0.25) is 5.88 Å². The number of amides is 1. The Balaban J connectivity index is 2.41. The zero-order valence-corrected chi connectivity index (χ0v) is 13.9. The molecule has 0 bridgehead atoms. The number of alkyl halides is 3. The number of nitrogens with one attached hydrogen (secondary N) is 1. The van der Waals surface area contributed by atoms with Crippen molar-refractivity contribution in [2.24, 2.45) is 5.41 Å². The van der Waals surface area contributed by atoms with Crippen LogP contribution in [0.3, 0.4) is 0 Å². The maximum Gasteiger partial charge on any atom is 0.409 e. The van der Waals surface area contributed by atoms with Crippen LogP contribution >= 0.6 is 0 Å². The van der Waals surface area contributed by atoms with Gasteiger partial charge in [0.15, 0.2) is 0 Å². The fraction of sp³-hybridized carbons (Fsp3) is 0.412. The second-order valence-electron chi connectivity index (χ2n) is 6.55. The normalized spacial score (nSPS) is 13.6. The first-order valence-electron chi connectivity index (χ1n) is 7.35. The Morgan fingerprint density at radius 3 is 2.38 bits per heavy atom. The Hall–Kier alpha value is -2.31. The first kappa shape index (κ1) is 18.0. The SMILES string of the molecule is COc1nc(C(=O)NC(C(C)(C)C)C(F)(F)F)cc2ccccc12. The van der Waals surface area contributed by atoms with E-state index in [1.807, 2.05) is 5.32 Å². The lowest BCUT2D eigenvalue weighted by molar-refractivity contribution is -0.174. The summed E-state index contributed by atoms with van der Waals surface area (Å²) in [6, 6.07) is 6.50. The van der Waals surface area contributed by atoms with E-state index in [4.69, 9.17) is 4.74 Å². The standard InChI is InChI=1S/C17H19F3N2O2/c1-16(2,3)15(17(18,19)20)22-13(23)12-9-10-7-5-6-8-11(10)14(21-12)24-4/h5-9,15H,1-4H3,(H,22,23). The number of hydrogen-bond acceptors (Lipinski definition) is 3. The molecule has 4 nitrogen and oxygen atoms in total. The minimum atomic E-state index is -4.56. The molecule has 2 aromatic rings. The third kappa shape index (κ3) is 3.77. The molecule has 0 aliphatic heterocycles. The summed E-state index contributed by atoms with van der Waals surface area (Å²) >= 11 is 0. The number of pyridine rings is 1. The van der Waals surface area contributed by atoms with Crippen molar-refractivity contribution >= 4 is 16.7 Å². The van der Waals surface area contributed by atoms with Crippen molar-refractivity contribution in [3.63, 3.8) is 0 Å². The number of carbonyl (C=O) groups is 1. The number of rotatable bonds is 3. The highest BCUT2D eigenvalue weighted by Gasteiger charge is 2.47. The van der Waals surface area contributed by atoms with Crippen molar-refractivity contribution in [1.82, 2.24) is 10.3 Å². The minimum absolute atomic E-state index is 0.121. The summed E-state index contributed by atoms with van der Waals surface area (Å²) < 4.78 is 44.8. The Kier molecular flexibility index (Phi) is 4.73. The van der Waals surface area contributed by atoms with Gasteiger partial charge in [0.1, 0.15) is 11.7 Å². The quantitative estimate of drug-likeness (QED) is 0.920. The Bertz CT molecular complexity index is 738. The van der Waals surface area contributed by atoms with Gasteiger partial charge in [0.25, 0.3) is 5.91 Å². The number of fused-ring (bicyclic) bond motifs is 1. The molecule has 1 atom stereocenters. The van der Waals surface area contributed by atoms with E-state index in [0.717, 1.165) is 0 Å². The minimum Gasteiger partial charge on any atom is -0.481 e. The number of carbonyl (C=O) groups excluding carboxylic acids is 1. The van der Waals surface area contributed by atoms with Crippen molar-refractivity contribution in [2.75, 3.05) is 7.11 Å². The second kappa shape index (κ2) is 6.30. The molecule has 24 heavy (non-hydrogen) atoms. The first-order chi connectivity index (χ1) is 11.0. The molecule has 0 aliphatic rings. The van der Waals surface area contributed by atoms with Gasteiger partial charge in [0.05, 0.1) is 7.11 Å². The predicted octanol–water partition coefficient (Wildman–Crippen LogP) is 3.95. The molecule has 0 spiro atoms. The van der Waals surface area contributed by atoms with Crippen molar-refractivity contribution in [3.05, 3.63) is 36.0 Å². The van der Waals surface area contributed by atoms with Gasteiger partial charge in [-0.1, -0.05) is 39.0 Å². The summed E-state index contributed by atoms with van der Waals surface area (Å²) in [5.41, 5.74) is -1.31. The fourth-order valence-electron chi connectivity index (χ4n) is 2.43. The molecule has 0 aliphatic carbocycles. The van der Waals surface area contributed by atoms with Gasteiger partial charge < -0.3 is 10.1 Å². The van der Waals surface area contributed by atoms with E-state index in [1.165, 1.54) is 33.9 Å². The largest absolute Gasteiger partial charge is 0.481 e. The first-order valence-corrected chi connectivity index (χ1v) is 7.35. The Morgan fingerprint density at radius 2 is 1.83 bits per heavy atom. The number of aromatic nitrogens is 1. The molecule has 0 saturated heterocycles. The summed E-state index contributed by atoms with van der Waals surface area (Å²) in [6.45, 7) is 4.25. The maximum atomic E-state index is 13.2. The Morgan fingerprint density at radius 1 is 1.21 bits per heavy atom. The molecule has 130 valence electrons. The molecular formula is C17H19F3N2O2. The molecule has 1 unspecified atom stereocenters. The van der Waals surface area contributed by atoms with E-state index in [0.29, 0.717) is 10.8 Å². The maximum absolute atomic E-state index is 13.2. The fourth-order valence-corrected chi connectivity index (χ4v) is 2.43. The molecule has 2 rings (SSSR count). The van der Waals surface area contributed by atoms with Crippen molar-refractivity contribution in [3.8, 4) is 5.88 Å². The highest BCUT2D eigenvalue weighted by atomic mass is 19.4. The highest BCUT2D eigenvalue weighted by molar-refractivity contribution is 5.98. The average Bonchev–Trinajstić information content (AvgIpc) is 2.48. The number of methoxy groups -OCH3 is 1. The van der Waals surface area contributed by atoms with E-state index in [1.54, 1.807) is 24.3 Å². The molecule has 0 fully saturated rings. The Labute approximate surface area is 138 Å². The predicted molar refractivity (Wildman–Crippen MR) is 85.1 cm³/mol. The third-order valence-electron chi connectivity index (χ3n) is 3.60. The van der Waals surface area contributed by atoms with E-state index in [2.05, 4.69) is 4.98 Å². The molecule has 1 aromatic heterocycles. The monoisotopic (exact) mass is 340 g/mol. The third-order valence-corrected chi connectivity index (χ3v) is 3.60. The zero-order valence-electron chi connectivity index (χ0n) is 13.9. The van der Waals surface area contributed by atoms with Crippen molar-refractivity contribution in [1.29, 1.82) is 0 Å². The lowest BCUT2D eigenvalue weighted by Gasteiger charge is -2.32. The summed E-state index contributed by atoms with van der Waals surface area (Å²) in [7, 11) is 1.39. The van der Waals surface area contributed by atoms with Gasteiger partial charge in [-0.25, -0.2) is 4.98 Å². The van der Waals surface area contributed by atoms with Crippen molar-refractivity contribution in [2.45, 2.75) is 33.0 Å². The van der Waals surface area contributed by atoms with Crippen molar-refractivity contribution < 1.29 is 22.7 Å². The van der Waals surface area contributed by atoms with Crippen LogP contribution in [0.1, 0.15) is 31.3 Å². The van der Waals surface area contributed by atoms with Crippen LogP contribution in [0.5, 0.6) is 5.88 Å². The molecule has 7 heteroatoms. The van der Waals surface area contributed by atoms with Crippen LogP contribution in [-0.4, -0.2) is 30.2 Å². The molecule has 1 amide bonds. The summed E-state index contributed by atoms with van der Waals surface area (Å²) in [5, 5.41) is 3.39. The number of ether oxygens (including phenoxy) is 1. The van der Waals surface area contributed by atoms with Crippen LogP contribution in [-0.2, 0) is 0 Å². The van der Waals surface area contributed by atoms with Gasteiger partial charge in [-0.05, 0) is 22.9 Å². The smallest absolute Gasteiger partial charge is 0.409 e. The lowest BCUT2D eigenvalue weighted by Crippen LogP contribution is -2.53. The van der Waals surface area contributed by atoms with Gasteiger partial charge >= 0.3 is 6.18 Å². The van der Waals surface area contributed by atoms with Gasteiger partial charge in [0, 0.05) is 5.39 Å².